The summed E-state index contributed by atoms with van der Waals surface area (Å²) in [6, 6.07) is 0. The lowest BCUT2D eigenvalue weighted by Gasteiger charge is -2.22. The van der Waals surface area contributed by atoms with Gasteiger partial charge in [-0.25, -0.2) is 0 Å². The first-order valence-electron chi connectivity index (χ1n) is 5.64. The molecule has 0 radical (unpaired) electrons. The number of aliphatic hydroxyl groups excluding tert-OH is 1. The van der Waals surface area contributed by atoms with Crippen molar-refractivity contribution in [3.05, 3.63) is 0 Å². The van der Waals surface area contributed by atoms with Crippen molar-refractivity contribution in [1.29, 1.82) is 0 Å². The van der Waals surface area contributed by atoms with E-state index >= 15 is 0 Å². The van der Waals surface area contributed by atoms with Gasteiger partial charge in [-0.2, -0.15) is 11.8 Å². The second-order valence-corrected chi connectivity index (χ2v) is 7.44. The van der Waals surface area contributed by atoms with Crippen LogP contribution in [0.15, 0.2) is 0 Å². The van der Waals surface area contributed by atoms with Crippen LogP contribution < -0.4 is 0 Å². The second kappa shape index (κ2) is 8.54. The first kappa shape index (κ1) is 16.5. The highest BCUT2D eigenvalue weighted by Gasteiger charge is 2.33. The molecule has 0 rings (SSSR count). The van der Waals surface area contributed by atoms with E-state index in [9.17, 15) is 9.67 Å². The average Bonchev–Trinajstić information content (AvgIpc) is 2.17. The molecule has 0 saturated heterocycles. The Morgan fingerprint density at radius 2 is 1.75 bits per heavy atom. The van der Waals surface area contributed by atoms with Crippen molar-refractivity contribution in [2.24, 2.45) is 0 Å². The lowest BCUT2D eigenvalue weighted by atomic mass is 10.5. The Hall–Kier alpha value is 0.460. The van der Waals surface area contributed by atoms with Gasteiger partial charge in [0, 0.05) is 0 Å². The number of hydrogen-bond donors (Lipinski definition) is 1. The topological polar surface area (TPSA) is 55.8 Å². The fraction of sp³-hybridized carbons (Fsp3) is 1.00. The van der Waals surface area contributed by atoms with Crippen LogP contribution in [0.5, 0.6) is 0 Å². The first-order chi connectivity index (χ1) is 7.46. The number of aliphatic hydroxyl groups is 1. The SMILES string of the molecule is CCOP(=O)(OCC)C(O)CCSC(C)C. The van der Waals surface area contributed by atoms with Gasteiger partial charge in [0.15, 0.2) is 5.85 Å². The molecule has 1 unspecified atom stereocenters. The average molecular weight is 270 g/mol. The summed E-state index contributed by atoms with van der Waals surface area (Å²) < 4.78 is 22.2. The molecule has 6 heteroatoms. The molecule has 0 saturated carbocycles. The predicted molar refractivity (Wildman–Crippen MR) is 69.1 cm³/mol. The minimum absolute atomic E-state index is 0.283. The molecular formula is C10H23O4PS. The number of hydrogen-bond acceptors (Lipinski definition) is 5. The standard InChI is InChI=1S/C10H23O4PS/c1-5-13-15(12,14-6-2)10(11)7-8-16-9(3)4/h9-11H,5-8H2,1-4H3. The molecule has 0 bridgehead atoms. The monoisotopic (exact) mass is 270 g/mol. The molecule has 0 fully saturated rings. The molecule has 16 heavy (non-hydrogen) atoms. The van der Waals surface area contributed by atoms with Crippen LogP contribution in [-0.4, -0.2) is 35.2 Å². The highest BCUT2D eigenvalue weighted by Crippen LogP contribution is 2.53. The number of rotatable bonds is 9. The number of thioether (sulfide) groups is 1. The molecule has 98 valence electrons. The van der Waals surface area contributed by atoms with Crippen molar-refractivity contribution in [2.75, 3.05) is 19.0 Å². The molecule has 4 nitrogen and oxygen atoms in total. The van der Waals surface area contributed by atoms with Crippen LogP contribution >= 0.6 is 19.4 Å². The zero-order valence-corrected chi connectivity index (χ0v) is 12.2. The second-order valence-electron chi connectivity index (χ2n) is 3.56. The molecule has 0 aromatic rings. The molecule has 0 aliphatic heterocycles. The van der Waals surface area contributed by atoms with Crippen LogP contribution in [0.1, 0.15) is 34.1 Å². The van der Waals surface area contributed by atoms with E-state index in [-0.39, 0.29) is 13.2 Å². The van der Waals surface area contributed by atoms with Crippen LogP contribution in [0.25, 0.3) is 0 Å². The third-order valence-corrected chi connectivity index (χ3v) is 5.17. The summed E-state index contributed by atoms with van der Waals surface area (Å²) in [5.41, 5.74) is 0. The summed E-state index contributed by atoms with van der Waals surface area (Å²) in [6.07, 6.45) is 0.431. The van der Waals surface area contributed by atoms with E-state index in [0.717, 1.165) is 5.75 Å². The molecule has 0 amide bonds. The van der Waals surface area contributed by atoms with Crippen LogP contribution in [0, 0.1) is 0 Å². The van der Waals surface area contributed by atoms with Crippen molar-refractivity contribution in [3.8, 4) is 0 Å². The molecule has 0 aliphatic rings. The van der Waals surface area contributed by atoms with Crippen molar-refractivity contribution in [3.63, 3.8) is 0 Å². The van der Waals surface area contributed by atoms with Gasteiger partial charge in [-0.05, 0) is 31.3 Å². The maximum absolute atomic E-state index is 12.1. The Labute approximate surface area is 103 Å². The third-order valence-electron chi connectivity index (χ3n) is 1.81. The zero-order chi connectivity index (χ0) is 12.6. The van der Waals surface area contributed by atoms with E-state index in [0.29, 0.717) is 11.7 Å². The van der Waals surface area contributed by atoms with Crippen molar-refractivity contribution >= 4 is 19.4 Å². The van der Waals surface area contributed by atoms with E-state index in [1.54, 1.807) is 25.6 Å². The lowest BCUT2D eigenvalue weighted by Crippen LogP contribution is -2.14. The quantitative estimate of drug-likeness (QED) is 0.652. The first-order valence-corrected chi connectivity index (χ1v) is 8.30. The normalized spacial score (nSPS) is 14.4. The Morgan fingerprint density at radius 1 is 1.25 bits per heavy atom. The summed E-state index contributed by atoms with van der Waals surface area (Å²) in [6.45, 7) is 8.21. The smallest absolute Gasteiger partial charge is 0.358 e. The van der Waals surface area contributed by atoms with Gasteiger partial charge in [-0.15, -0.1) is 0 Å². The highest BCUT2D eigenvalue weighted by molar-refractivity contribution is 7.99. The fourth-order valence-electron chi connectivity index (χ4n) is 1.14. The van der Waals surface area contributed by atoms with Crippen molar-refractivity contribution < 1.29 is 18.7 Å². The minimum atomic E-state index is -3.33. The largest absolute Gasteiger partial charge is 0.380 e. The van der Waals surface area contributed by atoms with Gasteiger partial charge in [0.05, 0.1) is 13.2 Å². The van der Waals surface area contributed by atoms with Crippen LogP contribution in [0.2, 0.25) is 0 Å². The van der Waals surface area contributed by atoms with Gasteiger partial charge in [0.25, 0.3) is 0 Å². The molecule has 1 atom stereocenters. The zero-order valence-electron chi connectivity index (χ0n) is 10.5. The fourth-order valence-corrected chi connectivity index (χ4v) is 3.73. The third kappa shape index (κ3) is 6.26. The summed E-state index contributed by atoms with van der Waals surface area (Å²) in [5.74, 6) is -0.262. The predicted octanol–water partition coefficient (Wildman–Crippen LogP) is 3.10. The lowest BCUT2D eigenvalue weighted by molar-refractivity contribution is 0.147. The van der Waals surface area contributed by atoms with E-state index < -0.39 is 13.4 Å². The van der Waals surface area contributed by atoms with E-state index in [1.807, 2.05) is 0 Å². The summed E-state index contributed by atoms with van der Waals surface area (Å²) in [5, 5.41) is 10.3. The molecule has 0 aromatic carbocycles. The van der Waals surface area contributed by atoms with Gasteiger partial charge in [0.1, 0.15) is 0 Å². The van der Waals surface area contributed by atoms with Gasteiger partial charge in [-0.3, -0.25) is 4.57 Å². The van der Waals surface area contributed by atoms with Crippen LogP contribution in [0.4, 0.5) is 0 Å². The van der Waals surface area contributed by atoms with E-state index in [2.05, 4.69) is 13.8 Å². The summed E-state index contributed by atoms with van der Waals surface area (Å²) >= 11 is 1.72. The maximum Gasteiger partial charge on any atom is 0.358 e. The molecule has 0 heterocycles. The Balaban J connectivity index is 4.16. The van der Waals surface area contributed by atoms with Gasteiger partial charge in [0.2, 0.25) is 0 Å². The van der Waals surface area contributed by atoms with E-state index in [1.165, 1.54) is 0 Å². The van der Waals surface area contributed by atoms with Crippen LogP contribution in [-0.2, 0) is 13.6 Å². The summed E-state index contributed by atoms with van der Waals surface area (Å²) in [4.78, 5) is 0. The Morgan fingerprint density at radius 3 is 2.12 bits per heavy atom. The molecule has 0 spiro atoms. The minimum Gasteiger partial charge on any atom is -0.380 e. The highest BCUT2D eigenvalue weighted by atomic mass is 32.2. The maximum atomic E-state index is 12.1. The van der Waals surface area contributed by atoms with Gasteiger partial charge < -0.3 is 14.2 Å². The van der Waals surface area contributed by atoms with Gasteiger partial charge >= 0.3 is 7.60 Å². The van der Waals surface area contributed by atoms with E-state index in [4.69, 9.17) is 9.05 Å². The van der Waals surface area contributed by atoms with Crippen LogP contribution in [0.3, 0.4) is 0 Å². The summed E-state index contributed by atoms with van der Waals surface area (Å²) in [7, 11) is -3.33. The molecular weight excluding hydrogens is 247 g/mol. The Bertz CT molecular complexity index is 213. The Kier molecular flexibility index (Phi) is 8.78. The molecule has 0 aliphatic carbocycles. The van der Waals surface area contributed by atoms with Crippen molar-refractivity contribution in [1.82, 2.24) is 0 Å². The molecule has 0 aromatic heterocycles. The molecule has 1 N–H and O–H groups in total. The van der Waals surface area contributed by atoms with Gasteiger partial charge in [-0.1, -0.05) is 13.8 Å². The van der Waals surface area contributed by atoms with Crippen molar-refractivity contribution in [2.45, 2.75) is 45.2 Å².